The van der Waals surface area contributed by atoms with Gasteiger partial charge >= 0.3 is 0 Å². The third kappa shape index (κ3) is 4.65. The molecule has 5 rings (SSSR count). The monoisotopic (exact) mass is 413 g/mol. The van der Waals surface area contributed by atoms with E-state index in [0.717, 1.165) is 35.5 Å². The van der Waals surface area contributed by atoms with E-state index < -0.39 is 0 Å². The number of hydrogen-bond acceptors (Lipinski definition) is 7. The number of hydrogen-bond donors (Lipinski definition) is 1. The number of aromatic nitrogens is 3. The van der Waals surface area contributed by atoms with Crippen molar-refractivity contribution in [3.05, 3.63) is 60.0 Å². The van der Waals surface area contributed by atoms with Gasteiger partial charge in [-0.1, -0.05) is 0 Å². The molecule has 0 amide bonds. The van der Waals surface area contributed by atoms with Gasteiger partial charge in [-0.3, -0.25) is 4.98 Å². The molecule has 0 bridgehead atoms. The summed E-state index contributed by atoms with van der Waals surface area (Å²) in [6, 6.07) is 13.7. The van der Waals surface area contributed by atoms with Gasteiger partial charge in [-0.05, 0) is 49.2 Å². The van der Waals surface area contributed by atoms with Crippen molar-refractivity contribution in [3.8, 4) is 23.1 Å². The minimum Gasteiger partial charge on any atom is -0.489 e. The van der Waals surface area contributed by atoms with Crippen LogP contribution in [0.1, 0.15) is 42.9 Å². The van der Waals surface area contributed by atoms with Crippen molar-refractivity contribution in [1.82, 2.24) is 15.0 Å². The van der Waals surface area contributed by atoms with Crippen LogP contribution in [0.2, 0.25) is 0 Å². The van der Waals surface area contributed by atoms with Crippen LogP contribution in [0.25, 0.3) is 11.3 Å². The van der Waals surface area contributed by atoms with Gasteiger partial charge < -0.3 is 14.8 Å². The van der Waals surface area contributed by atoms with Crippen molar-refractivity contribution in [2.24, 2.45) is 0 Å². The van der Waals surface area contributed by atoms with Gasteiger partial charge in [-0.25, -0.2) is 9.97 Å². The van der Waals surface area contributed by atoms with Gasteiger partial charge in [-0.2, -0.15) is 5.26 Å². The molecule has 1 saturated heterocycles. The first-order valence-electron chi connectivity index (χ1n) is 10.6. The van der Waals surface area contributed by atoms with Crippen LogP contribution in [0.5, 0.6) is 5.75 Å². The molecule has 156 valence electrons. The highest BCUT2D eigenvalue weighted by atomic mass is 16.5. The summed E-state index contributed by atoms with van der Waals surface area (Å²) in [6.45, 7) is 1.39. The second-order valence-electron chi connectivity index (χ2n) is 7.89. The number of nitriles is 1. The van der Waals surface area contributed by atoms with Crippen LogP contribution in [-0.4, -0.2) is 34.3 Å². The zero-order valence-corrected chi connectivity index (χ0v) is 17.1. The Labute approximate surface area is 181 Å². The highest BCUT2D eigenvalue weighted by Crippen LogP contribution is 2.39. The second kappa shape index (κ2) is 8.70. The Morgan fingerprint density at radius 3 is 2.65 bits per heavy atom. The number of nitrogens with zero attached hydrogens (tertiary/aromatic N) is 4. The molecule has 0 radical (unpaired) electrons. The average molecular weight is 413 g/mol. The molecule has 7 heteroatoms. The summed E-state index contributed by atoms with van der Waals surface area (Å²) in [5.41, 5.74) is 4.06. The van der Waals surface area contributed by atoms with Crippen LogP contribution in [0.3, 0.4) is 0 Å². The van der Waals surface area contributed by atoms with Gasteiger partial charge in [0.2, 0.25) is 5.95 Å². The lowest BCUT2D eigenvalue weighted by molar-refractivity contribution is 0.0254. The average Bonchev–Trinajstić information content (AvgIpc) is 3.66. The Hall–Kier alpha value is -3.50. The fourth-order valence-corrected chi connectivity index (χ4v) is 3.66. The first-order chi connectivity index (χ1) is 15.3. The molecule has 0 unspecified atom stereocenters. The minimum atomic E-state index is 0.0847. The van der Waals surface area contributed by atoms with Gasteiger partial charge in [-0.15, -0.1) is 0 Å². The Kier molecular flexibility index (Phi) is 5.46. The predicted octanol–water partition coefficient (Wildman–Crippen LogP) is 4.59. The number of benzene rings is 1. The Morgan fingerprint density at radius 1 is 1.03 bits per heavy atom. The smallest absolute Gasteiger partial charge is 0.227 e. The van der Waals surface area contributed by atoms with E-state index in [9.17, 15) is 5.26 Å². The van der Waals surface area contributed by atoms with Gasteiger partial charge in [0, 0.05) is 36.2 Å². The van der Waals surface area contributed by atoms with Crippen LogP contribution >= 0.6 is 0 Å². The molecule has 3 aromatic rings. The van der Waals surface area contributed by atoms with E-state index in [2.05, 4.69) is 32.4 Å². The third-order valence-corrected chi connectivity index (χ3v) is 5.55. The molecule has 0 atom stereocenters. The minimum absolute atomic E-state index is 0.0847. The molecule has 1 saturated carbocycles. The highest BCUT2D eigenvalue weighted by Gasteiger charge is 2.24. The molecule has 2 aliphatic rings. The molecular formula is C24H23N5O2. The normalized spacial score (nSPS) is 16.5. The lowest BCUT2D eigenvalue weighted by Gasteiger charge is -2.23. The second-order valence-corrected chi connectivity index (χ2v) is 7.89. The summed E-state index contributed by atoms with van der Waals surface area (Å²) < 4.78 is 11.4. The maximum atomic E-state index is 9.63. The SMILES string of the molecule is N#Cc1cc(-c2ccnc(Nc3ccc(C4CC4)nc3)n2)ccc1OC1CCOCC1. The quantitative estimate of drug-likeness (QED) is 0.632. The molecule has 31 heavy (non-hydrogen) atoms. The highest BCUT2D eigenvalue weighted by molar-refractivity contribution is 5.65. The van der Waals surface area contributed by atoms with Crippen molar-refractivity contribution < 1.29 is 9.47 Å². The molecule has 0 spiro atoms. The van der Waals surface area contributed by atoms with Crippen LogP contribution in [-0.2, 0) is 4.74 Å². The molecule has 7 nitrogen and oxygen atoms in total. The molecule has 1 aliphatic heterocycles. The Bertz CT molecular complexity index is 1100. The van der Waals surface area contributed by atoms with Gasteiger partial charge in [0.1, 0.15) is 17.9 Å². The summed E-state index contributed by atoms with van der Waals surface area (Å²) in [6.07, 6.45) is 7.74. The van der Waals surface area contributed by atoms with Crippen molar-refractivity contribution in [2.75, 3.05) is 18.5 Å². The van der Waals surface area contributed by atoms with Crippen molar-refractivity contribution in [3.63, 3.8) is 0 Å². The lowest BCUT2D eigenvalue weighted by atomic mass is 10.1. The van der Waals surface area contributed by atoms with Crippen LogP contribution in [0, 0.1) is 11.3 Å². The van der Waals surface area contributed by atoms with E-state index in [0.29, 0.717) is 36.4 Å². The number of rotatable bonds is 6. The molecule has 3 heterocycles. The van der Waals surface area contributed by atoms with Gasteiger partial charge in [0.05, 0.1) is 36.4 Å². The zero-order valence-electron chi connectivity index (χ0n) is 17.1. The maximum absolute atomic E-state index is 9.63. The fraction of sp³-hybridized carbons (Fsp3) is 0.333. The van der Waals surface area contributed by atoms with Gasteiger partial charge in [0.15, 0.2) is 0 Å². The maximum Gasteiger partial charge on any atom is 0.227 e. The topological polar surface area (TPSA) is 93.0 Å². The Balaban J connectivity index is 1.33. The molecule has 2 aromatic heterocycles. The van der Waals surface area contributed by atoms with Crippen molar-refractivity contribution in [1.29, 1.82) is 5.26 Å². The number of nitrogens with one attached hydrogen (secondary N) is 1. The lowest BCUT2D eigenvalue weighted by Crippen LogP contribution is -2.26. The zero-order chi connectivity index (χ0) is 21.0. The number of ether oxygens (including phenoxy) is 2. The summed E-state index contributed by atoms with van der Waals surface area (Å²) >= 11 is 0. The summed E-state index contributed by atoms with van der Waals surface area (Å²) in [4.78, 5) is 13.5. The first-order valence-corrected chi connectivity index (χ1v) is 10.6. The standard InChI is InChI=1S/C24H23N5O2/c25-14-18-13-17(3-6-23(18)31-20-8-11-30-12-9-20)22-7-10-26-24(29-22)28-19-4-5-21(27-15-19)16-1-2-16/h3-7,10,13,15-16,20H,1-2,8-9,11-12H2,(H,26,28,29). The molecule has 1 aliphatic carbocycles. The first kappa shape index (κ1) is 19.5. The van der Waals surface area contributed by atoms with E-state index in [1.54, 1.807) is 6.20 Å². The number of pyridine rings is 1. The fourth-order valence-electron chi connectivity index (χ4n) is 3.66. The van der Waals surface area contributed by atoms with E-state index >= 15 is 0 Å². The van der Waals surface area contributed by atoms with Crippen molar-refractivity contribution >= 4 is 11.6 Å². The van der Waals surface area contributed by atoms with Crippen LogP contribution in [0.4, 0.5) is 11.6 Å². The summed E-state index contributed by atoms with van der Waals surface area (Å²) in [5.74, 6) is 1.72. The van der Waals surface area contributed by atoms with Gasteiger partial charge in [0.25, 0.3) is 0 Å². The van der Waals surface area contributed by atoms with E-state index in [-0.39, 0.29) is 6.10 Å². The largest absolute Gasteiger partial charge is 0.489 e. The predicted molar refractivity (Wildman–Crippen MR) is 116 cm³/mol. The third-order valence-electron chi connectivity index (χ3n) is 5.55. The van der Waals surface area contributed by atoms with E-state index in [1.165, 1.54) is 12.8 Å². The number of anilines is 2. The molecular weight excluding hydrogens is 390 g/mol. The van der Waals surface area contributed by atoms with Crippen LogP contribution < -0.4 is 10.1 Å². The molecule has 2 fully saturated rings. The summed E-state index contributed by atoms with van der Waals surface area (Å²) in [7, 11) is 0. The molecule has 1 aromatic carbocycles. The van der Waals surface area contributed by atoms with E-state index in [1.807, 2.05) is 36.5 Å². The Morgan fingerprint density at radius 2 is 1.90 bits per heavy atom. The summed E-state index contributed by atoms with van der Waals surface area (Å²) in [5, 5.41) is 12.8. The van der Waals surface area contributed by atoms with Crippen molar-refractivity contribution in [2.45, 2.75) is 37.7 Å². The van der Waals surface area contributed by atoms with Crippen LogP contribution in [0.15, 0.2) is 48.8 Å². The molecule has 1 N–H and O–H groups in total. The van der Waals surface area contributed by atoms with E-state index in [4.69, 9.17) is 9.47 Å².